The Morgan fingerprint density at radius 2 is 2.20 bits per heavy atom. The highest BCUT2D eigenvalue weighted by molar-refractivity contribution is 5.76. The number of benzene rings is 1. The third-order valence-corrected chi connectivity index (χ3v) is 2.53. The maximum atomic E-state index is 9.31. The van der Waals surface area contributed by atoms with Crippen LogP contribution in [0.2, 0.25) is 0 Å². The van der Waals surface area contributed by atoms with Crippen LogP contribution in [0.1, 0.15) is 32.0 Å². The molecule has 0 aliphatic carbocycles. The van der Waals surface area contributed by atoms with Gasteiger partial charge in [0, 0.05) is 12.5 Å². The number of nitrogens with zero attached hydrogens (tertiary/aromatic N) is 1. The van der Waals surface area contributed by atoms with E-state index in [-0.39, 0.29) is 5.75 Å². The summed E-state index contributed by atoms with van der Waals surface area (Å²) in [5, 5.41) is 9.31. The van der Waals surface area contributed by atoms with Gasteiger partial charge in [0.05, 0.1) is 11.0 Å². The van der Waals surface area contributed by atoms with Crippen LogP contribution < -0.4 is 0 Å². The van der Waals surface area contributed by atoms with Crippen LogP contribution in [0.4, 0.5) is 0 Å². The van der Waals surface area contributed by atoms with E-state index >= 15 is 0 Å². The van der Waals surface area contributed by atoms with Crippen molar-refractivity contribution >= 4 is 11.0 Å². The normalized spacial score (nSPS) is 11.0. The Balaban J connectivity index is 2.16. The van der Waals surface area contributed by atoms with Gasteiger partial charge in [-0.25, -0.2) is 4.98 Å². The first-order valence-electron chi connectivity index (χ1n) is 5.47. The predicted molar refractivity (Wildman–Crippen MR) is 61.0 cm³/mol. The quantitative estimate of drug-likeness (QED) is 0.752. The van der Waals surface area contributed by atoms with Gasteiger partial charge in [0.25, 0.3) is 0 Å². The molecule has 0 fully saturated rings. The number of imidazole rings is 1. The third kappa shape index (κ3) is 2.29. The van der Waals surface area contributed by atoms with Crippen molar-refractivity contribution in [2.45, 2.75) is 32.6 Å². The molecule has 2 N–H and O–H groups in total. The molecule has 15 heavy (non-hydrogen) atoms. The van der Waals surface area contributed by atoms with Gasteiger partial charge in [-0.05, 0) is 18.6 Å². The van der Waals surface area contributed by atoms with Crippen molar-refractivity contribution in [3.05, 3.63) is 24.0 Å². The number of aryl methyl sites for hydroxylation is 1. The summed E-state index contributed by atoms with van der Waals surface area (Å²) < 4.78 is 0. The van der Waals surface area contributed by atoms with Crippen molar-refractivity contribution in [2.75, 3.05) is 0 Å². The standard InChI is InChI=1S/C12H16N2O/c1-2-3-4-5-12-13-10-7-6-9(15)8-11(10)14-12/h6-8,15H,2-5H2,1H3,(H,13,14). The molecule has 1 aromatic heterocycles. The minimum Gasteiger partial charge on any atom is -0.508 e. The first-order valence-corrected chi connectivity index (χ1v) is 5.47. The lowest BCUT2D eigenvalue weighted by Crippen LogP contribution is -1.87. The largest absolute Gasteiger partial charge is 0.508 e. The Bertz CT molecular complexity index is 448. The van der Waals surface area contributed by atoms with Crippen LogP contribution in [0, 0.1) is 0 Å². The molecule has 2 aromatic rings. The second-order valence-electron chi connectivity index (χ2n) is 3.84. The molecule has 80 valence electrons. The summed E-state index contributed by atoms with van der Waals surface area (Å²) in [6.45, 7) is 2.19. The Morgan fingerprint density at radius 1 is 1.33 bits per heavy atom. The van der Waals surface area contributed by atoms with E-state index in [1.165, 1.54) is 19.3 Å². The van der Waals surface area contributed by atoms with Gasteiger partial charge in [-0.15, -0.1) is 0 Å². The molecule has 0 spiro atoms. The zero-order chi connectivity index (χ0) is 10.7. The molecule has 3 heteroatoms. The Labute approximate surface area is 89.2 Å². The van der Waals surface area contributed by atoms with Gasteiger partial charge in [0.15, 0.2) is 0 Å². The number of aromatic amines is 1. The van der Waals surface area contributed by atoms with Gasteiger partial charge in [-0.1, -0.05) is 19.8 Å². The highest BCUT2D eigenvalue weighted by atomic mass is 16.3. The first-order chi connectivity index (χ1) is 7.29. The van der Waals surface area contributed by atoms with Crippen molar-refractivity contribution < 1.29 is 5.11 Å². The van der Waals surface area contributed by atoms with Crippen molar-refractivity contribution in [1.29, 1.82) is 0 Å². The van der Waals surface area contributed by atoms with E-state index in [9.17, 15) is 5.11 Å². The minimum absolute atomic E-state index is 0.284. The number of hydrogen-bond donors (Lipinski definition) is 2. The van der Waals surface area contributed by atoms with Crippen molar-refractivity contribution in [3.63, 3.8) is 0 Å². The van der Waals surface area contributed by atoms with Gasteiger partial charge in [0.2, 0.25) is 0 Å². The molecule has 2 rings (SSSR count). The summed E-state index contributed by atoms with van der Waals surface area (Å²) in [5.41, 5.74) is 1.85. The van der Waals surface area contributed by atoms with Crippen LogP contribution in [0.5, 0.6) is 5.75 Å². The molecule has 0 saturated carbocycles. The van der Waals surface area contributed by atoms with Crippen LogP contribution >= 0.6 is 0 Å². The van der Waals surface area contributed by atoms with E-state index in [1.807, 2.05) is 6.07 Å². The highest BCUT2D eigenvalue weighted by Crippen LogP contribution is 2.18. The molecule has 0 aliphatic rings. The van der Waals surface area contributed by atoms with Gasteiger partial charge >= 0.3 is 0 Å². The minimum atomic E-state index is 0.284. The van der Waals surface area contributed by atoms with Gasteiger partial charge in [0.1, 0.15) is 11.6 Å². The number of unbranched alkanes of at least 4 members (excludes halogenated alkanes) is 2. The lowest BCUT2D eigenvalue weighted by Gasteiger charge is -1.93. The molecular weight excluding hydrogens is 188 g/mol. The fourth-order valence-electron chi connectivity index (χ4n) is 1.71. The number of fused-ring (bicyclic) bond motifs is 1. The molecule has 0 aliphatic heterocycles. The topological polar surface area (TPSA) is 48.9 Å². The van der Waals surface area contributed by atoms with E-state index in [1.54, 1.807) is 12.1 Å². The van der Waals surface area contributed by atoms with Crippen LogP contribution in [-0.2, 0) is 6.42 Å². The zero-order valence-corrected chi connectivity index (χ0v) is 8.95. The summed E-state index contributed by atoms with van der Waals surface area (Å²) in [6.07, 6.45) is 4.62. The van der Waals surface area contributed by atoms with E-state index in [0.29, 0.717) is 0 Å². The smallest absolute Gasteiger partial charge is 0.117 e. The lowest BCUT2D eigenvalue weighted by molar-refractivity contribution is 0.476. The van der Waals surface area contributed by atoms with Crippen LogP contribution in [-0.4, -0.2) is 15.1 Å². The van der Waals surface area contributed by atoms with Crippen LogP contribution in [0.15, 0.2) is 18.2 Å². The van der Waals surface area contributed by atoms with E-state index in [2.05, 4.69) is 16.9 Å². The molecular formula is C12H16N2O. The molecule has 0 unspecified atom stereocenters. The number of phenols is 1. The maximum Gasteiger partial charge on any atom is 0.117 e. The van der Waals surface area contributed by atoms with Crippen molar-refractivity contribution in [1.82, 2.24) is 9.97 Å². The number of aromatic hydroxyl groups is 1. The Kier molecular flexibility index (Phi) is 2.90. The summed E-state index contributed by atoms with van der Waals surface area (Å²) in [4.78, 5) is 7.68. The van der Waals surface area contributed by atoms with Gasteiger partial charge in [-0.2, -0.15) is 0 Å². The van der Waals surface area contributed by atoms with Crippen molar-refractivity contribution in [3.8, 4) is 5.75 Å². The Hall–Kier alpha value is -1.51. The zero-order valence-electron chi connectivity index (χ0n) is 8.95. The number of nitrogens with one attached hydrogen (secondary N) is 1. The van der Waals surface area contributed by atoms with Crippen LogP contribution in [0.25, 0.3) is 11.0 Å². The third-order valence-electron chi connectivity index (χ3n) is 2.53. The maximum absolute atomic E-state index is 9.31. The van der Waals surface area contributed by atoms with E-state index in [0.717, 1.165) is 23.3 Å². The number of aromatic nitrogens is 2. The fourth-order valence-corrected chi connectivity index (χ4v) is 1.71. The second-order valence-corrected chi connectivity index (χ2v) is 3.84. The number of phenolic OH excluding ortho intramolecular Hbond substituents is 1. The number of H-pyrrole nitrogens is 1. The monoisotopic (exact) mass is 204 g/mol. The SMILES string of the molecule is CCCCCc1nc2ccc(O)cc2[nH]1. The average Bonchev–Trinajstić information content (AvgIpc) is 2.60. The predicted octanol–water partition coefficient (Wildman–Crippen LogP) is 3.00. The number of hydrogen-bond acceptors (Lipinski definition) is 2. The molecule has 1 heterocycles. The van der Waals surface area contributed by atoms with E-state index < -0.39 is 0 Å². The highest BCUT2D eigenvalue weighted by Gasteiger charge is 2.02. The molecule has 1 aromatic carbocycles. The van der Waals surface area contributed by atoms with Crippen molar-refractivity contribution in [2.24, 2.45) is 0 Å². The summed E-state index contributed by atoms with van der Waals surface area (Å²) in [7, 11) is 0. The van der Waals surface area contributed by atoms with Gasteiger partial charge in [-0.3, -0.25) is 0 Å². The molecule has 0 bridgehead atoms. The van der Waals surface area contributed by atoms with Gasteiger partial charge < -0.3 is 10.1 Å². The van der Waals surface area contributed by atoms with E-state index in [4.69, 9.17) is 0 Å². The summed E-state index contributed by atoms with van der Waals surface area (Å²) in [5.74, 6) is 1.30. The molecule has 0 radical (unpaired) electrons. The van der Waals surface area contributed by atoms with Crippen LogP contribution in [0.3, 0.4) is 0 Å². The molecule has 3 nitrogen and oxygen atoms in total. The second kappa shape index (κ2) is 4.34. The molecule has 0 amide bonds. The lowest BCUT2D eigenvalue weighted by atomic mass is 10.2. The molecule has 0 saturated heterocycles. The molecule has 0 atom stereocenters. The summed E-state index contributed by atoms with van der Waals surface area (Å²) in [6, 6.07) is 5.22. The Morgan fingerprint density at radius 3 is 3.00 bits per heavy atom. The average molecular weight is 204 g/mol. The summed E-state index contributed by atoms with van der Waals surface area (Å²) >= 11 is 0. The fraction of sp³-hybridized carbons (Fsp3) is 0.417. The number of rotatable bonds is 4. The first kappa shape index (κ1) is 10.0.